The summed E-state index contributed by atoms with van der Waals surface area (Å²) >= 11 is 9.71. The smallest absolute Gasteiger partial charge is 0.0410 e. The molecule has 3 heteroatoms. The third-order valence-electron chi connectivity index (χ3n) is 3.34. The third-order valence-corrected chi connectivity index (χ3v) is 4.30. The minimum Gasteiger partial charge on any atom is -0.310 e. The van der Waals surface area contributed by atoms with E-state index in [4.69, 9.17) is 11.6 Å². The van der Waals surface area contributed by atoms with Crippen LogP contribution in [-0.2, 0) is 0 Å². The zero-order valence-electron chi connectivity index (χ0n) is 10.2. The van der Waals surface area contributed by atoms with Crippen LogP contribution in [-0.4, -0.2) is 6.54 Å². The molecule has 0 spiro atoms. The summed E-state index contributed by atoms with van der Waals surface area (Å²) in [5, 5.41) is 4.38. The van der Waals surface area contributed by atoms with Gasteiger partial charge in [-0.05, 0) is 49.1 Å². The van der Waals surface area contributed by atoms with E-state index in [1.54, 1.807) is 0 Å². The van der Waals surface area contributed by atoms with E-state index in [0.29, 0.717) is 6.04 Å². The molecular formula is C14H19BrClN. The highest BCUT2D eigenvalue weighted by atomic mass is 79.9. The van der Waals surface area contributed by atoms with Crippen LogP contribution in [0.4, 0.5) is 0 Å². The molecule has 0 saturated heterocycles. The third kappa shape index (κ3) is 3.97. The first-order valence-corrected chi connectivity index (χ1v) is 7.56. The number of benzene rings is 1. The average Bonchev–Trinajstić information content (AvgIpc) is 3.12. The first kappa shape index (κ1) is 13.4. The van der Waals surface area contributed by atoms with E-state index in [0.717, 1.165) is 22.0 Å². The van der Waals surface area contributed by atoms with Gasteiger partial charge in [-0.15, -0.1) is 0 Å². The molecule has 1 aliphatic rings. The van der Waals surface area contributed by atoms with E-state index in [1.807, 2.05) is 12.1 Å². The van der Waals surface area contributed by atoms with Crippen LogP contribution in [0.1, 0.15) is 44.2 Å². The normalized spacial score (nSPS) is 17.1. The van der Waals surface area contributed by atoms with E-state index in [9.17, 15) is 0 Å². The zero-order valence-corrected chi connectivity index (χ0v) is 12.5. The van der Waals surface area contributed by atoms with Crippen molar-refractivity contribution < 1.29 is 0 Å². The molecule has 17 heavy (non-hydrogen) atoms. The number of nitrogens with one attached hydrogen (secondary N) is 1. The Hall–Kier alpha value is -0.0500. The molecular weight excluding hydrogens is 298 g/mol. The summed E-state index contributed by atoms with van der Waals surface area (Å²) < 4.78 is 1.16. The molecule has 1 atom stereocenters. The van der Waals surface area contributed by atoms with E-state index < -0.39 is 0 Å². The number of halogens is 2. The zero-order chi connectivity index (χ0) is 12.3. The SMILES string of the molecule is CCNC(CCC1CC1)c1cc(Cl)ccc1Br. The van der Waals surface area contributed by atoms with Crippen molar-refractivity contribution in [3.63, 3.8) is 0 Å². The van der Waals surface area contributed by atoms with Gasteiger partial charge in [-0.2, -0.15) is 0 Å². The van der Waals surface area contributed by atoms with Crippen LogP contribution in [0.2, 0.25) is 5.02 Å². The molecule has 94 valence electrons. The molecule has 0 aromatic heterocycles. The molecule has 2 rings (SSSR count). The summed E-state index contributed by atoms with van der Waals surface area (Å²) in [4.78, 5) is 0. The molecule has 0 radical (unpaired) electrons. The first-order chi connectivity index (χ1) is 8.20. The molecule has 0 aliphatic heterocycles. The van der Waals surface area contributed by atoms with Crippen LogP contribution in [0.3, 0.4) is 0 Å². The minimum absolute atomic E-state index is 0.425. The van der Waals surface area contributed by atoms with Gasteiger partial charge in [0, 0.05) is 15.5 Å². The highest BCUT2D eigenvalue weighted by Gasteiger charge is 2.23. The number of hydrogen-bond acceptors (Lipinski definition) is 1. The number of rotatable bonds is 6. The highest BCUT2D eigenvalue weighted by molar-refractivity contribution is 9.10. The second-order valence-electron chi connectivity index (χ2n) is 4.80. The molecule has 1 unspecified atom stereocenters. The first-order valence-electron chi connectivity index (χ1n) is 6.39. The van der Waals surface area contributed by atoms with Crippen molar-refractivity contribution in [2.75, 3.05) is 6.54 Å². The van der Waals surface area contributed by atoms with Crippen LogP contribution in [0.15, 0.2) is 22.7 Å². The lowest BCUT2D eigenvalue weighted by molar-refractivity contribution is 0.480. The Balaban J connectivity index is 2.08. The summed E-state index contributed by atoms with van der Waals surface area (Å²) in [6.45, 7) is 3.15. The van der Waals surface area contributed by atoms with Crippen molar-refractivity contribution in [3.8, 4) is 0 Å². The quantitative estimate of drug-likeness (QED) is 0.783. The van der Waals surface area contributed by atoms with E-state index in [1.165, 1.54) is 31.2 Å². The van der Waals surface area contributed by atoms with E-state index in [2.05, 4.69) is 34.2 Å². The fourth-order valence-corrected chi connectivity index (χ4v) is 2.91. The maximum Gasteiger partial charge on any atom is 0.0410 e. The molecule has 1 fully saturated rings. The highest BCUT2D eigenvalue weighted by Crippen LogP contribution is 2.37. The van der Waals surface area contributed by atoms with Gasteiger partial charge < -0.3 is 5.32 Å². The van der Waals surface area contributed by atoms with E-state index in [-0.39, 0.29) is 0 Å². The summed E-state index contributed by atoms with van der Waals surface area (Å²) in [5.41, 5.74) is 1.29. The molecule has 0 heterocycles. The molecule has 0 amide bonds. The van der Waals surface area contributed by atoms with Crippen molar-refractivity contribution in [1.82, 2.24) is 5.32 Å². The van der Waals surface area contributed by atoms with Crippen molar-refractivity contribution in [2.24, 2.45) is 5.92 Å². The molecule has 1 aliphatic carbocycles. The molecule has 0 bridgehead atoms. The summed E-state index contributed by atoms with van der Waals surface area (Å²) in [7, 11) is 0. The van der Waals surface area contributed by atoms with Crippen molar-refractivity contribution in [3.05, 3.63) is 33.3 Å². The standard InChI is InChI=1S/C14H19BrClN/c1-2-17-14(8-5-10-3-4-10)12-9-11(16)6-7-13(12)15/h6-7,9-10,14,17H,2-5,8H2,1H3. The second kappa shape index (κ2) is 6.21. The Labute approximate surface area is 117 Å². The molecule has 1 aromatic rings. The van der Waals surface area contributed by atoms with Gasteiger partial charge in [-0.3, -0.25) is 0 Å². The monoisotopic (exact) mass is 315 g/mol. The van der Waals surface area contributed by atoms with Crippen LogP contribution in [0, 0.1) is 5.92 Å². The Morgan fingerprint density at radius 3 is 2.88 bits per heavy atom. The summed E-state index contributed by atoms with van der Waals surface area (Å²) in [6, 6.07) is 6.47. The molecule has 1 nitrogen and oxygen atoms in total. The van der Waals surface area contributed by atoms with Gasteiger partial charge in [0.05, 0.1) is 0 Å². The maximum atomic E-state index is 6.09. The lowest BCUT2D eigenvalue weighted by atomic mass is 10.0. The average molecular weight is 317 g/mol. The molecule has 1 aromatic carbocycles. The van der Waals surface area contributed by atoms with Crippen LogP contribution >= 0.6 is 27.5 Å². The lowest BCUT2D eigenvalue weighted by Gasteiger charge is -2.20. The van der Waals surface area contributed by atoms with Crippen molar-refractivity contribution in [2.45, 2.75) is 38.6 Å². The predicted molar refractivity (Wildman–Crippen MR) is 77.5 cm³/mol. The Kier molecular flexibility index (Phi) is 4.89. The fourth-order valence-electron chi connectivity index (χ4n) is 2.20. The largest absolute Gasteiger partial charge is 0.310 e. The van der Waals surface area contributed by atoms with Gasteiger partial charge in [-0.1, -0.05) is 47.3 Å². The second-order valence-corrected chi connectivity index (χ2v) is 6.09. The van der Waals surface area contributed by atoms with Gasteiger partial charge in [0.2, 0.25) is 0 Å². The maximum absolute atomic E-state index is 6.09. The van der Waals surface area contributed by atoms with Gasteiger partial charge in [0.15, 0.2) is 0 Å². The Morgan fingerprint density at radius 1 is 1.47 bits per heavy atom. The van der Waals surface area contributed by atoms with Crippen molar-refractivity contribution in [1.29, 1.82) is 0 Å². The van der Waals surface area contributed by atoms with Gasteiger partial charge in [0.25, 0.3) is 0 Å². The van der Waals surface area contributed by atoms with Gasteiger partial charge >= 0.3 is 0 Å². The Morgan fingerprint density at radius 2 is 2.24 bits per heavy atom. The topological polar surface area (TPSA) is 12.0 Å². The number of hydrogen-bond donors (Lipinski definition) is 1. The van der Waals surface area contributed by atoms with E-state index >= 15 is 0 Å². The summed E-state index contributed by atoms with van der Waals surface area (Å²) in [6.07, 6.45) is 5.39. The molecule has 1 N–H and O–H groups in total. The summed E-state index contributed by atoms with van der Waals surface area (Å²) in [5.74, 6) is 0.981. The van der Waals surface area contributed by atoms with Crippen LogP contribution in [0.5, 0.6) is 0 Å². The molecule has 1 saturated carbocycles. The van der Waals surface area contributed by atoms with Crippen LogP contribution < -0.4 is 5.32 Å². The lowest BCUT2D eigenvalue weighted by Crippen LogP contribution is -2.21. The van der Waals surface area contributed by atoms with Crippen LogP contribution in [0.25, 0.3) is 0 Å². The minimum atomic E-state index is 0.425. The Bertz CT molecular complexity index is 376. The van der Waals surface area contributed by atoms with Gasteiger partial charge in [0.1, 0.15) is 0 Å². The van der Waals surface area contributed by atoms with Crippen molar-refractivity contribution >= 4 is 27.5 Å². The predicted octanol–water partition coefficient (Wildman–Crippen LogP) is 4.94. The van der Waals surface area contributed by atoms with Gasteiger partial charge in [-0.25, -0.2) is 0 Å². The fraction of sp³-hybridized carbons (Fsp3) is 0.571.